The van der Waals surface area contributed by atoms with Crippen molar-refractivity contribution in [3.63, 3.8) is 0 Å². The summed E-state index contributed by atoms with van der Waals surface area (Å²) in [4.78, 5) is 11.2. The molecule has 0 aromatic heterocycles. The molecule has 23 heavy (non-hydrogen) atoms. The second kappa shape index (κ2) is 12.5. The Kier molecular flexibility index (Phi) is 11.4. The van der Waals surface area contributed by atoms with Crippen LogP contribution in [0.4, 0.5) is 0 Å². The molecule has 2 aromatic rings. The molecule has 2 aromatic carbocycles. The molecule has 2 heteroatoms. The lowest BCUT2D eigenvalue weighted by molar-refractivity contribution is 0.105. The fourth-order valence-corrected chi connectivity index (χ4v) is 1.78. The molecule has 0 aliphatic heterocycles. The summed E-state index contributed by atoms with van der Waals surface area (Å²) in [5.74, 6) is 7.21. The predicted molar refractivity (Wildman–Crippen MR) is 107 cm³/mol. The number of terminal acetylenes is 1. The Morgan fingerprint density at radius 1 is 0.913 bits per heavy atom. The monoisotopic (exact) mass is 416 g/mol. The SMILES string of the molecule is C#CC.CC#CC(=O)c1ccc(C)cc1.Cc1ccc(I)cc1. The van der Waals surface area contributed by atoms with Crippen LogP contribution < -0.4 is 0 Å². The van der Waals surface area contributed by atoms with Crippen molar-refractivity contribution in [3.05, 3.63) is 68.8 Å². The normalized spacial score (nSPS) is 8.00. The molecule has 0 heterocycles. The van der Waals surface area contributed by atoms with Gasteiger partial charge in [-0.15, -0.1) is 12.3 Å². The first-order chi connectivity index (χ1) is 10.9. The van der Waals surface area contributed by atoms with Crippen molar-refractivity contribution in [1.82, 2.24) is 0 Å². The Morgan fingerprint density at radius 3 is 1.65 bits per heavy atom. The molecule has 2 rings (SSSR count). The van der Waals surface area contributed by atoms with Gasteiger partial charge in [0.1, 0.15) is 0 Å². The first-order valence-corrected chi connectivity index (χ1v) is 8.15. The van der Waals surface area contributed by atoms with E-state index in [9.17, 15) is 4.79 Å². The average molecular weight is 416 g/mol. The Balaban J connectivity index is 0.000000379. The van der Waals surface area contributed by atoms with Gasteiger partial charge in [0.25, 0.3) is 0 Å². The van der Waals surface area contributed by atoms with Gasteiger partial charge in [-0.1, -0.05) is 53.4 Å². The van der Waals surface area contributed by atoms with Crippen molar-refractivity contribution in [2.24, 2.45) is 0 Å². The van der Waals surface area contributed by atoms with Crippen LogP contribution in [0.2, 0.25) is 0 Å². The maximum atomic E-state index is 11.2. The molecular formula is C21H21IO. The lowest BCUT2D eigenvalue weighted by atomic mass is 10.1. The molecule has 0 spiro atoms. The summed E-state index contributed by atoms with van der Waals surface area (Å²) in [5.41, 5.74) is 3.14. The van der Waals surface area contributed by atoms with Crippen LogP contribution in [0.5, 0.6) is 0 Å². The molecule has 0 radical (unpaired) electrons. The van der Waals surface area contributed by atoms with Gasteiger partial charge in [-0.05, 0) is 68.3 Å². The van der Waals surface area contributed by atoms with Gasteiger partial charge in [0.15, 0.2) is 0 Å². The maximum Gasteiger partial charge on any atom is 0.235 e. The number of carbonyl (C=O) groups excluding carboxylic acids is 1. The van der Waals surface area contributed by atoms with Gasteiger partial charge in [0, 0.05) is 9.13 Å². The van der Waals surface area contributed by atoms with Crippen molar-refractivity contribution in [1.29, 1.82) is 0 Å². The number of hydrogen-bond donors (Lipinski definition) is 0. The van der Waals surface area contributed by atoms with E-state index in [1.807, 2.05) is 19.1 Å². The molecule has 1 nitrogen and oxygen atoms in total. The molecule has 0 atom stereocenters. The maximum absolute atomic E-state index is 11.2. The van der Waals surface area contributed by atoms with Crippen LogP contribution in [0.15, 0.2) is 48.5 Å². The summed E-state index contributed by atoms with van der Waals surface area (Å²) in [7, 11) is 0. The van der Waals surface area contributed by atoms with Gasteiger partial charge in [-0.2, -0.15) is 0 Å². The number of carbonyl (C=O) groups is 1. The number of aryl methyl sites for hydroxylation is 2. The number of hydrogen-bond acceptors (Lipinski definition) is 1. The minimum atomic E-state index is -0.113. The summed E-state index contributed by atoms with van der Waals surface area (Å²) >= 11 is 2.30. The van der Waals surface area contributed by atoms with Crippen molar-refractivity contribution in [2.45, 2.75) is 27.7 Å². The second-order valence-corrected chi connectivity index (χ2v) is 5.90. The van der Waals surface area contributed by atoms with Crippen molar-refractivity contribution in [3.8, 4) is 24.2 Å². The number of rotatable bonds is 1. The molecule has 0 unspecified atom stereocenters. The standard InChI is InChI=1S/C11H10O.C7H7I.C3H4/c1-3-4-11(12)10-7-5-9(2)6-8-10;1-6-2-4-7(8)5-3-6;1-3-2/h5-8H,1-2H3;2-5H,1H3;1H,2H3. The number of halogens is 1. The summed E-state index contributed by atoms with van der Waals surface area (Å²) in [6, 6.07) is 15.8. The Morgan fingerprint density at radius 2 is 1.30 bits per heavy atom. The van der Waals surface area contributed by atoms with Crippen LogP contribution in [0.25, 0.3) is 0 Å². The van der Waals surface area contributed by atoms with Crippen molar-refractivity contribution < 1.29 is 4.79 Å². The zero-order valence-electron chi connectivity index (χ0n) is 14.0. The van der Waals surface area contributed by atoms with Crippen molar-refractivity contribution in [2.75, 3.05) is 0 Å². The van der Waals surface area contributed by atoms with E-state index in [2.05, 4.69) is 78.0 Å². The summed E-state index contributed by atoms with van der Waals surface area (Å²) in [5, 5.41) is 0. The van der Waals surface area contributed by atoms with E-state index < -0.39 is 0 Å². The van der Waals surface area contributed by atoms with E-state index >= 15 is 0 Å². The average Bonchev–Trinajstić information content (AvgIpc) is 2.52. The smallest absolute Gasteiger partial charge is 0.235 e. The van der Waals surface area contributed by atoms with Crippen LogP contribution >= 0.6 is 22.6 Å². The third-order valence-corrected chi connectivity index (χ3v) is 3.28. The molecule has 0 aliphatic carbocycles. The van der Waals surface area contributed by atoms with Crippen molar-refractivity contribution >= 4 is 28.4 Å². The Bertz CT molecular complexity index is 672. The highest BCUT2D eigenvalue weighted by molar-refractivity contribution is 14.1. The number of Topliss-reactive ketones (excluding diaryl/α,β-unsaturated/α-hetero) is 1. The van der Waals surface area contributed by atoms with Gasteiger partial charge in [-0.3, -0.25) is 4.79 Å². The van der Waals surface area contributed by atoms with Crippen LogP contribution in [0, 0.1) is 41.6 Å². The Labute approximate surface area is 153 Å². The van der Waals surface area contributed by atoms with Gasteiger partial charge in [-0.25, -0.2) is 0 Å². The van der Waals surface area contributed by atoms with Gasteiger partial charge >= 0.3 is 0 Å². The first kappa shape index (κ1) is 21.0. The molecule has 0 amide bonds. The molecule has 0 saturated heterocycles. The predicted octanol–water partition coefficient (Wildman–Crippen LogP) is 5.44. The molecule has 0 bridgehead atoms. The van der Waals surface area contributed by atoms with Crippen LogP contribution in [0.3, 0.4) is 0 Å². The molecule has 0 fully saturated rings. The summed E-state index contributed by atoms with van der Waals surface area (Å²) in [6.07, 6.45) is 4.60. The molecule has 0 saturated carbocycles. The Hall–Kier alpha value is -2.04. The van der Waals surface area contributed by atoms with Crippen LogP contribution in [-0.2, 0) is 0 Å². The fraction of sp³-hybridized carbons (Fsp3) is 0.190. The molecular weight excluding hydrogens is 395 g/mol. The first-order valence-electron chi connectivity index (χ1n) is 7.07. The highest BCUT2D eigenvalue weighted by atomic mass is 127. The second-order valence-electron chi connectivity index (χ2n) is 4.65. The quantitative estimate of drug-likeness (QED) is 0.262. The van der Waals surface area contributed by atoms with E-state index in [0.717, 1.165) is 5.56 Å². The summed E-state index contributed by atoms with van der Waals surface area (Å²) < 4.78 is 1.30. The minimum Gasteiger partial charge on any atom is -0.279 e. The van der Waals surface area contributed by atoms with Crippen LogP contribution in [0.1, 0.15) is 35.3 Å². The lowest BCUT2D eigenvalue weighted by Gasteiger charge is -1.93. The molecule has 0 aliphatic rings. The third-order valence-electron chi connectivity index (χ3n) is 2.56. The minimum absolute atomic E-state index is 0.113. The third kappa shape index (κ3) is 10.3. The van der Waals surface area contributed by atoms with Gasteiger partial charge < -0.3 is 0 Å². The number of ketones is 1. The molecule has 118 valence electrons. The van der Waals surface area contributed by atoms with E-state index in [1.54, 1.807) is 26.0 Å². The van der Waals surface area contributed by atoms with E-state index in [-0.39, 0.29) is 5.78 Å². The largest absolute Gasteiger partial charge is 0.279 e. The zero-order chi connectivity index (χ0) is 17.7. The van der Waals surface area contributed by atoms with E-state index in [4.69, 9.17) is 0 Å². The fourth-order valence-electron chi connectivity index (χ4n) is 1.42. The molecule has 0 N–H and O–H groups in total. The van der Waals surface area contributed by atoms with Gasteiger partial charge in [0.2, 0.25) is 5.78 Å². The highest BCUT2D eigenvalue weighted by Crippen LogP contribution is 2.04. The van der Waals surface area contributed by atoms with E-state index in [0.29, 0.717) is 5.56 Å². The summed E-state index contributed by atoms with van der Waals surface area (Å²) in [6.45, 7) is 7.39. The lowest BCUT2D eigenvalue weighted by Crippen LogP contribution is -1.93. The highest BCUT2D eigenvalue weighted by Gasteiger charge is 1.99. The number of benzene rings is 2. The topological polar surface area (TPSA) is 17.1 Å². The zero-order valence-corrected chi connectivity index (χ0v) is 16.1. The van der Waals surface area contributed by atoms with Gasteiger partial charge in [0.05, 0.1) is 0 Å². The van der Waals surface area contributed by atoms with E-state index in [1.165, 1.54) is 9.13 Å². The van der Waals surface area contributed by atoms with Crippen LogP contribution in [-0.4, -0.2) is 5.78 Å².